The Labute approximate surface area is 163 Å². The lowest BCUT2D eigenvalue weighted by atomic mass is 10.1. The Morgan fingerprint density at radius 1 is 0.963 bits per heavy atom. The zero-order valence-corrected chi connectivity index (χ0v) is 15.5. The van der Waals surface area contributed by atoms with Crippen molar-refractivity contribution in [2.24, 2.45) is 0 Å². The number of halogens is 2. The van der Waals surface area contributed by atoms with Gasteiger partial charge in [-0.25, -0.2) is 9.59 Å². The third-order valence-electron chi connectivity index (χ3n) is 4.24. The summed E-state index contributed by atoms with van der Waals surface area (Å²) in [7, 11) is 0. The first-order valence-corrected chi connectivity index (χ1v) is 8.93. The van der Waals surface area contributed by atoms with Gasteiger partial charge in [0.1, 0.15) is 12.4 Å². The normalized spacial score (nSPS) is 11.2. The molecule has 0 aliphatic carbocycles. The molecule has 4 rings (SSSR count). The molecule has 0 aliphatic rings. The van der Waals surface area contributed by atoms with Gasteiger partial charge in [-0.05, 0) is 23.6 Å². The second-order valence-electron chi connectivity index (χ2n) is 5.92. The van der Waals surface area contributed by atoms with Crippen molar-refractivity contribution in [1.82, 2.24) is 4.57 Å². The van der Waals surface area contributed by atoms with Crippen LogP contribution in [0, 0.1) is 0 Å². The lowest BCUT2D eigenvalue weighted by Gasteiger charge is -2.12. The number of benzene rings is 3. The lowest BCUT2D eigenvalue weighted by molar-refractivity contribution is 0.290. The van der Waals surface area contributed by atoms with E-state index in [0.29, 0.717) is 5.75 Å². The predicted molar refractivity (Wildman–Crippen MR) is 106 cm³/mol. The minimum absolute atomic E-state index is 0.150. The van der Waals surface area contributed by atoms with Crippen LogP contribution in [0.1, 0.15) is 0 Å². The molecule has 1 aromatic heterocycles. The fraction of sp³-hybridized carbons (Fsp3) is 0.100. The molecule has 4 aromatic rings. The first-order chi connectivity index (χ1) is 13.0. The van der Waals surface area contributed by atoms with Gasteiger partial charge in [0.25, 0.3) is 0 Å². The van der Waals surface area contributed by atoms with E-state index < -0.39 is 11.4 Å². The maximum atomic E-state index is 12.2. The maximum absolute atomic E-state index is 12.2. The molecule has 0 spiro atoms. The van der Waals surface area contributed by atoms with Gasteiger partial charge in [-0.15, -0.1) is 0 Å². The van der Waals surface area contributed by atoms with Crippen molar-refractivity contribution >= 4 is 44.9 Å². The molecular formula is C20H13Cl2NO4. The van der Waals surface area contributed by atoms with Gasteiger partial charge in [0.2, 0.25) is 0 Å². The molecule has 7 heteroatoms. The minimum Gasteiger partial charge on any atom is -0.491 e. The molecule has 0 unspecified atom stereocenters. The maximum Gasteiger partial charge on any atom is 0.422 e. The Morgan fingerprint density at radius 2 is 1.74 bits per heavy atom. The van der Waals surface area contributed by atoms with Gasteiger partial charge >= 0.3 is 11.4 Å². The van der Waals surface area contributed by atoms with Crippen LogP contribution >= 0.6 is 23.2 Å². The standard InChI is InChI=1S/C20H13Cl2NO4/c21-13-10-15-18(16(22)11-13)23(20(25)27-19(15)24)8-9-26-17-7-3-5-12-4-1-2-6-14(12)17/h1-7,10-11H,8-9H2. The Balaban J connectivity index is 1.68. The fourth-order valence-corrected chi connectivity index (χ4v) is 3.64. The van der Waals surface area contributed by atoms with Crippen LogP contribution in [0.3, 0.4) is 0 Å². The molecule has 136 valence electrons. The number of rotatable bonds is 4. The van der Waals surface area contributed by atoms with Crippen LogP contribution in [0.4, 0.5) is 0 Å². The summed E-state index contributed by atoms with van der Waals surface area (Å²) >= 11 is 12.2. The van der Waals surface area contributed by atoms with Crippen molar-refractivity contribution in [3.8, 4) is 5.75 Å². The molecule has 0 saturated heterocycles. The van der Waals surface area contributed by atoms with E-state index in [-0.39, 0.29) is 34.1 Å². The smallest absolute Gasteiger partial charge is 0.422 e. The Morgan fingerprint density at radius 3 is 2.59 bits per heavy atom. The number of hydrogen-bond acceptors (Lipinski definition) is 4. The van der Waals surface area contributed by atoms with E-state index in [1.54, 1.807) is 0 Å². The molecule has 0 N–H and O–H groups in total. The van der Waals surface area contributed by atoms with Crippen molar-refractivity contribution in [2.45, 2.75) is 6.54 Å². The van der Waals surface area contributed by atoms with Crippen LogP contribution in [0.15, 0.2) is 68.6 Å². The quantitative estimate of drug-likeness (QED) is 0.505. The number of aromatic nitrogens is 1. The van der Waals surface area contributed by atoms with Crippen LogP contribution in [-0.2, 0) is 6.54 Å². The van der Waals surface area contributed by atoms with Crippen LogP contribution in [-0.4, -0.2) is 11.2 Å². The van der Waals surface area contributed by atoms with E-state index in [4.69, 9.17) is 32.4 Å². The SMILES string of the molecule is O=c1oc(=O)n(CCOc2cccc3ccccc23)c2c(Cl)cc(Cl)cc12. The largest absolute Gasteiger partial charge is 0.491 e. The molecule has 3 aromatic carbocycles. The highest BCUT2D eigenvalue weighted by molar-refractivity contribution is 6.38. The third-order valence-corrected chi connectivity index (χ3v) is 4.75. The molecule has 0 aliphatic heterocycles. The summed E-state index contributed by atoms with van der Waals surface area (Å²) in [6.45, 7) is 0.347. The van der Waals surface area contributed by atoms with Gasteiger partial charge in [0.15, 0.2) is 0 Å². The topological polar surface area (TPSA) is 61.4 Å². The van der Waals surface area contributed by atoms with Crippen LogP contribution in [0.25, 0.3) is 21.7 Å². The van der Waals surface area contributed by atoms with Gasteiger partial charge in [-0.1, -0.05) is 59.6 Å². The highest BCUT2D eigenvalue weighted by Crippen LogP contribution is 2.26. The van der Waals surface area contributed by atoms with E-state index in [0.717, 1.165) is 10.8 Å². The summed E-state index contributed by atoms with van der Waals surface area (Å²) in [6.07, 6.45) is 0. The fourth-order valence-electron chi connectivity index (χ4n) is 3.05. The molecule has 0 saturated carbocycles. The van der Waals surface area contributed by atoms with Crippen molar-refractivity contribution < 1.29 is 9.15 Å². The van der Waals surface area contributed by atoms with Crippen LogP contribution in [0.5, 0.6) is 5.75 Å². The first kappa shape index (κ1) is 17.6. The van der Waals surface area contributed by atoms with Crippen LogP contribution in [0.2, 0.25) is 10.0 Å². The Hall–Kier alpha value is -2.76. The summed E-state index contributed by atoms with van der Waals surface area (Å²) < 4.78 is 11.9. The van der Waals surface area contributed by atoms with Gasteiger partial charge in [-0.3, -0.25) is 4.57 Å². The second-order valence-corrected chi connectivity index (χ2v) is 6.76. The van der Waals surface area contributed by atoms with E-state index in [2.05, 4.69) is 0 Å². The molecule has 0 bridgehead atoms. The number of fused-ring (bicyclic) bond motifs is 2. The van der Waals surface area contributed by atoms with Gasteiger partial charge in [0, 0.05) is 10.4 Å². The molecule has 5 nitrogen and oxygen atoms in total. The molecule has 27 heavy (non-hydrogen) atoms. The lowest BCUT2D eigenvalue weighted by Crippen LogP contribution is -2.27. The first-order valence-electron chi connectivity index (χ1n) is 8.18. The summed E-state index contributed by atoms with van der Waals surface area (Å²) in [5, 5.41) is 2.67. The molecule has 0 amide bonds. The van der Waals surface area contributed by atoms with Crippen molar-refractivity contribution in [3.63, 3.8) is 0 Å². The molecule has 1 heterocycles. The summed E-state index contributed by atoms with van der Waals surface area (Å²) in [4.78, 5) is 24.2. The van der Waals surface area contributed by atoms with Crippen molar-refractivity contribution in [3.05, 3.63) is 85.6 Å². The van der Waals surface area contributed by atoms with Gasteiger partial charge in [-0.2, -0.15) is 0 Å². The minimum atomic E-state index is -0.793. The zero-order valence-electron chi connectivity index (χ0n) is 13.9. The average Bonchev–Trinajstić information content (AvgIpc) is 2.64. The Kier molecular flexibility index (Phi) is 4.64. The Bertz CT molecular complexity index is 1270. The summed E-state index contributed by atoms with van der Waals surface area (Å²) in [5.74, 6) is -0.0878. The average molecular weight is 402 g/mol. The van der Waals surface area contributed by atoms with E-state index >= 15 is 0 Å². The number of hydrogen-bond donors (Lipinski definition) is 0. The zero-order chi connectivity index (χ0) is 19.0. The summed E-state index contributed by atoms with van der Waals surface area (Å²) in [6, 6.07) is 16.5. The predicted octanol–water partition coefficient (Wildman–Crippen LogP) is 4.49. The monoisotopic (exact) mass is 401 g/mol. The van der Waals surface area contributed by atoms with E-state index in [1.165, 1.54) is 16.7 Å². The number of ether oxygens (including phenoxy) is 1. The van der Waals surface area contributed by atoms with Gasteiger partial charge in [0.05, 0.1) is 22.5 Å². The highest BCUT2D eigenvalue weighted by atomic mass is 35.5. The molecule has 0 fully saturated rings. The third kappa shape index (κ3) is 3.31. The van der Waals surface area contributed by atoms with E-state index in [1.807, 2.05) is 42.5 Å². The molecular weight excluding hydrogens is 389 g/mol. The summed E-state index contributed by atoms with van der Waals surface area (Å²) in [5.41, 5.74) is -0.491. The van der Waals surface area contributed by atoms with Crippen molar-refractivity contribution in [2.75, 3.05) is 6.61 Å². The highest BCUT2D eigenvalue weighted by Gasteiger charge is 2.14. The van der Waals surface area contributed by atoms with Crippen molar-refractivity contribution in [1.29, 1.82) is 0 Å². The van der Waals surface area contributed by atoms with E-state index in [9.17, 15) is 9.59 Å². The van der Waals surface area contributed by atoms with Crippen LogP contribution < -0.4 is 16.1 Å². The molecule has 0 radical (unpaired) electrons. The number of nitrogens with zero attached hydrogens (tertiary/aromatic N) is 1. The molecule has 0 atom stereocenters. The second kappa shape index (κ2) is 7.10. The van der Waals surface area contributed by atoms with Gasteiger partial charge < -0.3 is 9.15 Å².